The fourth-order valence-electron chi connectivity index (χ4n) is 1.69. The monoisotopic (exact) mass is 321 g/mol. The Balaban J connectivity index is 0.00000180. The van der Waals surface area contributed by atoms with E-state index in [1.54, 1.807) is 18.0 Å². The van der Waals surface area contributed by atoms with Crippen LogP contribution in [0.5, 0.6) is 0 Å². The minimum Gasteiger partial charge on any atom is -0.340 e. The molecule has 7 heteroatoms. The number of carbonyl (C=O) groups excluding carboxylic acids is 1. The van der Waals surface area contributed by atoms with E-state index in [2.05, 4.69) is 9.97 Å². The molecule has 0 aliphatic carbocycles. The fourth-order valence-corrected chi connectivity index (χ4v) is 2.05. The van der Waals surface area contributed by atoms with Gasteiger partial charge in [-0.2, -0.15) is 0 Å². The van der Waals surface area contributed by atoms with E-state index in [4.69, 9.17) is 23.2 Å². The molecule has 0 spiro atoms. The smallest absolute Gasteiger partial charge is 0.237 e. The van der Waals surface area contributed by atoms with E-state index in [-0.39, 0.29) is 30.2 Å². The Morgan fingerprint density at radius 2 is 2.21 bits per heavy atom. The van der Waals surface area contributed by atoms with E-state index in [0.717, 1.165) is 11.0 Å². The van der Waals surface area contributed by atoms with Crippen molar-refractivity contribution in [1.29, 1.82) is 0 Å². The second-order valence-electron chi connectivity index (χ2n) is 4.10. The second kappa shape index (κ2) is 6.46. The van der Waals surface area contributed by atoms with Crippen molar-refractivity contribution < 1.29 is 4.79 Å². The largest absolute Gasteiger partial charge is 0.340 e. The lowest BCUT2D eigenvalue weighted by atomic mass is 10.3. The zero-order valence-corrected chi connectivity index (χ0v) is 12.8. The van der Waals surface area contributed by atoms with Gasteiger partial charge in [-0.05, 0) is 25.1 Å². The van der Waals surface area contributed by atoms with E-state index < -0.39 is 0 Å². The summed E-state index contributed by atoms with van der Waals surface area (Å²) in [7, 11) is 1.70. The van der Waals surface area contributed by atoms with Crippen molar-refractivity contribution in [2.45, 2.75) is 13.0 Å². The zero-order chi connectivity index (χ0) is 13.3. The van der Waals surface area contributed by atoms with Crippen LogP contribution in [0.2, 0.25) is 5.02 Å². The number of nitrogens with zero attached hydrogens (tertiary/aromatic N) is 2. The molecule has 4 nitrogen and oxygen atoms in total. The van der Waals surface area contributed by atoms with E-state index >= 15 is 0 Å². The average molecular weight is 323 g/mol. The van der Waals surface area contributed by atoms with Crippen LogP contribution in [0.3, 0.4) is 0 Å². The van der Waals surface area contributed by atoms with Crippen LogP contribution in [-0.4, -0.2) is 33.7 Å². The molecule has 2 rings (SSSR count). The number of nitrogens with one attached hydrogen (secondary N) is 1. The van der Waals surface area contributed by atoms with Gasteiger partial charge < -0.3 is 9.88 Å². The third kappa shape index (κ3) is 3.32. The molecule has 2 aromatic rings. The van der Waals surface area contributed by atoms with Crippen LogP contribution in [0.25, 0.3) is 11.0 Å². The van der Waals surface area contributed by atoms with Crippen LogP contribution in [0.15, 0.2) is 18.2 Å². The molecule has 0 aliphatic heterocycles. The first-order chi connectivity index (χ1) is 8.52. The second-order valence-corrected chi connectivity index (χ2v) is 4.80. The van der Waals surface area contributed by atoms with Gasteiger partial charge in [0, 0.05) is 12.1 Å². The van der Waals surface area contributed by atoms with Crippen molar-refractivity contribution in [2.24, 2.45) is 0 Å². The molecule has 0 saturated carbocycles. The number of alkyl halides is 1. The highest BCUT2D eigenvalue weighted by atomic mass is 35.5. The lowest BCUT2D eigenvalue weighted by molar-refractivity contribution is -0.129. The Kier molecular flexibility index (Phi) is 5.47. The summed E-state index contributed by atoms with van der Waals surface area (Å²) in [6, 6.07) is 5.27. The average Bonchev–Trinajstić information content (AvgIpc) is 2.78. The van der Waals surface area contributed by atoms with Gasteiger partial charge in [-0.25, -0.2) is 4.98 Å². The number of H-pyrrole nitrogens is 1. The molecule has 1 aromatic heterocycles. The van der Waals surface area contributed by atoms with Gasteiger partial charge in [0.15, 0.2) is 0 Å². The van der Waals surface area contributed by atoms with Gasteiger partial charge in [0.05, 0.1) is 17.1 Å². The van der Waals surface area contributed by atoms with Crippen LogP contribution < -0.4 is 0 Å². The quantitative estimate of drug-likeness (QED) is 0.881. The summed E-state index contributed by atoms with van der Waals surface area (Å²) in [6.45, 7) is 1.89. The van der Waals surface area contributed by atoms with Gasteiger partial charge in [0.25, 0.3) is 0 Å². The van der Waals surface area contributed by atoms with Crippen LogP contribution in [0, 0.1) is 0 Å². The Morgan fingerprint density at radius 1 is 1.53 bits per heavy atom. The van der Waals surface area contributed by atoms with E-state index in [9.17, 15) is 4.79 Å². The molecular weight excluding hydrogens is 309 g/mol. The number of imidazole rings is 1. The number of rotatable bonds is 3. The first kappa shape index (κ1) is 16.1. The molecule has 1 heterocycles. The molecule has 1 atom stereocenters. The van der Waals surface area contributed by atoms with Crippen LogP contribution >= 0.6 is 35.6 Å². The van der Waals surface area contributed by atoms with Gasteiger partial charge in [-0.3, -0.25) is 4.79 Å². The van der Waals surface area contributed by atoms with E-state index in [1.807, 2.05) is 19.1 Å². The number of aromatic amines is 1. The number of hydrogen-bond acceptors (Lipinski definition) is 2. The number of halogens is 3. The standard InChI is InChI=1S/C12H13Cl2N3O.ClH/c1-7(17(2)11(18)6-13)12-15-9-4-3-8(14)5-10(9)16-12;/h3-5,7H,6H2,1-2H3,(H,15,16);1H. The van der Waals surface area contributed by atoms with Crippen molar-refractivity contribution in [3.63, 3.8) is 0 Å². The molecule has 19 heavy (non-hydrogen) atoms. The number of fused-ring (bicyclic) bond motifs is 1. The molecule has 1 aromatic carbocycles. The summed E-state index contributed by atoms with van der Waals surface area (Å²) >= 11 is 11.5. The Morgan fingerprint density at radius 3 is 2.84 bits per heavy atom. The van der Waals surface area contributed by atoms with Gasteiger partial charge in [0.2, 0.25) is 5.91 Å². The minimum absolute atomic E-state index is 0. The molecule has 1 N–H and O–H groups in total. The van der Waals surface area contributed by atoms with E-state index in [0.29, 0.717) is 10.8 Å². The van der Waals surface area contributed by atoms with Crippen LogP contribution in [0.1, 0.15) is 18.8 Å². The van der Waals surface area contributed by atoms with Crippen molar-refractivity contribution in [3.05, 3.63) is 29.0 Å². The van der Waals surface area contributed by atoms with Gasteiger partial charge in [-0.15, -0.1) is 24.0 Å². The Bertz CT molecular complexity index is 585. The fraction of sp³-hybridized carbons (Fsp3) is 0.333. The molecule has 0 radical (unpaired) electrons. The van der Waals surface area contributed by atoms with Gasteiger partial charge >= 0.3 is 0 Å². The molecular formula is C12H14Cl3N3O. The maximum Gasteiger partial charge on any atom is 0.237 e. The van der Waals surface area contributed by atoms with Gasteiger partial charge in [-0.1, -0.05) is 11.6 Å². The van der Waals surface area contributed by atoms with Crippen molar-refractivity contribution in [1.82, 2.24) is 14.9 Å². The first-order valence-corrected chi connectivity index (χ1v) is 6.41. The highest BCUT2D eigenvalue weighted by molar-refractivity contribution is 6.31. The third-order valence-electron chi connectivity index (χ3n) is 2.95. The Labute approximate surface area is 127 Å². The topological polar surface area (TPSA) is 49.0 Å². The summed E-state index contributed by atoms with van der Waals surface area (Å²) in [6.07, 6.45) is 0. The number of benzene rings is 1. The molecule has 0 fully saturated rings. The van der Waals surface area contributed by atoms with Crippen LogP contribution in [0.4, 0.5) is 0 Å². The lowest BCUT2D eigenvalue weighted by Crippen LogP contribution is -2.31. The predicted octanol–water partition coefficient (Wildman–Crippen LogP) is 3.40. The van der Waals surface area contributed by atoms with Crippen molar-refractivity contribution in [2.75, 3.05) is 12.9 Å². The molecule has 0 aliphatic rings. The number of aromatic nitrogens is 2. The predicted molar refractivity (Wildman–Crippen MR) is 80.3 cm³/mol. The van der Waals surface area contributed by atoms with Crippen LogP contribution in [-0.2, 0) is 4.79 Å². The van der Waals surface area contributed by atoms with Crippen molar-refractivity contribution >= 4 is 52.5 Å². The summed E-state index contributed by atoms with van der Waals surface area (Å²) in [5.41, 5.74) is 1.68. The van der Waals surface area contributed by atoms with Crippen molar-refractivity contribution in [3.8, 4) is 0 Å². The molecule has 1 amide bonds. The molecule has 104 valence electrons. The summed E-state index contributed by atoms with van der Waals surface area (Å²) in [5, 5.41) is 0.649. The molecule has 0 saturated heterocycles. The maximum absolute atomic E-state index is 11.5. The lowest BCUT2D eigenvalue weighted by Gasteiger charge is -2.22. The summed E-state index contributed by atoms with van der Waals surface area (Å²) < 4.78 is 0. The minimum atomic E-state index is -0.164. The normalized spacial score (nSPS) is 12.0. The van der Waals surface area contributed by atoms with Gasteiger partial charge in [0.1, 0.15) is 11.7 Å². The maximum atomic E-state index is 11.5. The first-order valence-electron chi connectivity index (χ1n) is 5.49. The summed E-state index contributed by atoms with van der Waals surface area (Å²) in [4.78, 5) is 20.7. The number of amides is 1. The SMILES string of the molecule is CC(c1nc2ccc(Cl)cc2[nH]1)N(C)C(=O)CCl.Cl. The van der Waals surface area contributed by atoms with E-state index in [1.165, 1.54) is 0 Å². The highest BCUT2D eigenvalue weighted by Crippen LogP contribution is 2.22. The number of hydrogen-bond donors (Lipinski definition) is 1. The zero-order valence-electron chi connectivity index (χ0n) is 10.5. The Hall–Kier alpha value is -0.970. The molecule has 0 bridgehead atoms. The third-order valence-corrected chi connectivity index (χ3v) is 3.41. The highest BCUT2D eigenvalue weighted by Gasteiger charge is 2.19. The summed E-state index contributed by atoms with van der Waals surface area (Å²) in [5.74, 6) is 0.545. The number of carbonyl (C=O) groups is 1. The molecule has 1 unspecified atom stereocenters.